The SMILES string of the molecule is COc1ccc(C(O)CNC(=O)C2CC(=O)N(Cc3ccccc3)C2)cc1OC. The highest BCUT2D eigenvalue weighted by atomic mass is 16.5. The van der Waals surface area contributed by atoms with Crippen LogP contribution in [0.3, 0.4) is 0 Å². The average molecular weight is 398 g/mol. The summed E-state index contributed by atoms with van der Waals surface area (Å²) in [6.07, 6.45) is -0.707. The number of nitrogens with one attached hydrogen (secondary N) is 1. The summed E-state index contributed by atoms with van der Waals surface area (Å²) in [6.45, 7) is 0.932. The third kappa shape index (κ3) is 5.06. The van der Waals surface area contributed by atoms with Crippen LogP contribution in [0.15, 0.2) is 48.5 Å². The quantitative estimate of drug-likeness (QED) is 0.709. The van der Waals surface area contributed by atoms with Gasteiger partial charge in [-0.15, -0.1) is 0 Å². The van der Waals surface area contributed by atoms with Gasteiger partial charge in [0.05, 0.1) is 26.2 Å². The van der Waals surface area contributed by atoms with Gasteiger partial charge in [-0.05, 0) is 23.3 Å². The van der Waals surface area contributed by atoms with Gasteiger partial charge in [0.15, 0.2) is 11.5 Å². The summed E-state index contributed by atoms with van der Waals surface area (Å²) < 4.78 is 10.4. The first-order chi connectivity index (χ1) is 14.0. The molecule has 0 aromatic heterocycles. The van der Waals surface area contributed by atoms with Gasteiger partial charge in [0.25, 0.3) is 0 Å². The van der Waals surface area contributed by atoms with Crippen LogP contribution in [0.4, 0.5) is 0 Å². The lowest BCUT2D eigenvalue weighted by molar-refractivity contribution is -0.129. The lowest BCUT2D eigenvalue weighted by Crippen LogP contribution is -2.35. The Morgan fingerprint density at radius 2 is 1.90 bits per heavy atom. The molecule has 7 nitrogen and oxygen atoms in total. The second kappa shape index (κ2) is 9.43. The molecular weight excluding hydrogens is 372 g/mol. The highest BCUT2D eigenvalue weighted by Crippen LogP contribution is 2.30. The maximum Gasteiger partial charge on any atom is 0.225 e. The number of carbonyl (C=O) groups excluding carboxylic acids is 2. The van der Waals surface area contributed by atoms with E-state index < -0.39 is 12.0 Å². The predicted molar refractivity (Wildman–Crippen MR) is 107 cm³/mol. The van der Waals surface area contributed by atoms with Crippen molar-refractivity contribution in [1.29, 1.82) is 0 Å². The Hall–Kier alpha value is -3.06. The molecule has 0 spiro atoms. The number of hydrogen-bond acceptors (Lipinski definition) is 5. The lowest BCUT2D eigenvalue weighted by atomic mass is 10.1. The summed E-state index contributed by atoms with van der Waals surface area (Å²) in [6, 6.07) is 14.8. The van der Waals surface area contributed by atoms with Crippen molar-refractivity contribution in [1.82, 2.24) is 10.2 Å². The summed E-state index contributed by atoms with van der Waals surface area (Å²) in [4.78, 5) is 26.5. The zero-order valence-electron chi connectivity index (χ0n) is 16.6. The fourth-order valence-corrected chi connectivity index (χ4v) is 3.42. The number of benzene rings is 2. The number of aliphatic hydroxyl groups excluding tert-OH is 1. The van der Waals surface area contributed by atoms with Gasteiger partial charge in [-0.3, -0.25) is 9.59 Å². The van der Waals surface area contributed by atoms with Gasteiger partial charge < -0.3 is 24.8 Å². The zero-order chi connectivity index (χ0) is 20.8. The maximum atomic E-state index is 12.5. The van der Waals surface area contributed by atoms with E-state index in [0.717, 1.165) is 5.56 Å². The standard InChI is InChI=1S/C22H26N2O5/c1-28-19-9-8-16(10-20(19)29-2)18(25)12-23-22(27)17-11-21(26)24(14-17)13-15-6-4-3-5-7-15/h3-10,17-18,25H,11-14H2,1-2H3,(H,23,27). The van der Waals surface area contributed by atoms with Gasteiger partial charge in [0.1, 0.15) is 0 Å². The van der Waals surface area contributed by atoms with E-state index >= 15 is 0 Å². The average Bonchev–Trinajstić information content (AvgIpc) is 3.12. The summed E-state index contributed by atoms with van der Waals surface area (Å²) in [5.41, 5.74) is 1.64. The number of rotatable bonds is 8. The van der Waals surface area contributed by atoms with Crippen molar-refractivity contribution in [3.8, 4) is 11.5 Å². The second-order valence-electron chi connectivity index (χ2n) is 7.04. The predicted octanol–water partition coefficient (Wildman–Crippen LogP) is 1.90. The lowest BCUT2D eigenvalue weighted by Gasteiger charge is -2.18. The van der Waals surface area contributed by atoms with Crippen LogP contribution in [0.25, 0.3) is 0 Å². The molecule has 29 heavy (non-hydrogen) atoms. The third-order valence-electron chi connectivity index (χ3n) is 5.06. The van der Waals surface area contributed by atoms with Gasteiger partial charge in [0.2, 0.25) is 11.8 Å². The molecule has 0 bridgehead atoms. The fraction of sp³-hybridized carbons (Fsp3) is 0.364. The number of ether oxygens (including phenoxy) is 2. The van der Waals surface area contributed by atoms with Crippen molar-refractivity contribution in [2.45, 2.75) is 19.1 Å². The van der Waals surface area contributed by atoms with E-state index in [1.165, 1.54) is 14.2 Å². The van der Waals surface area contributed by atoms with Crippen molar-refractivity contribution >= 4 is 11.8 Å². The van der Waals surface area contributed by atoms with Crippen LogP contribution in [0.2, 0.25) is 0 Å². The molecule has 2 N–H and O–H groups in total. The minimum absolute atomic E-state index is 0.0329. The number of aliphatic hydroxyl groups is 1. The number of amides is 2. The van der Waals surface area contributed by atoms with E-state index in [2.05, 4.69) is 5.32 Å². The third-order valence-corrected chi connectivity index (χ3v) is 5.06. The van der Waals surface area contributed by atoms with Crippen molar-refractivity contribution < 1.29 is 24.2 Å². The molecule has 2 aromatic carbocycles. The fourth-order valence-electron chi connectivity index (χ4n) is 3.42. The molecule has 0 aliphatic carbocycles. The van der Waals surface area contributed by atoms with Gasteiger partial charge >= 0.3 is 0 Å². The normalized spacial score (nSPS) is 17.1. The van der Waals surface area contributed by atoms with E-state index in [4.69, 9.17) is 9.47 Å². The number of methoxy groups -OCH3 is 2. The Kier molecular flexibility index (Phi) is 6.72. The first kappa shape index (κ1) is 20.7. The molecular formula is C22H26N2O5. The Balaban J connectivity index is 1.53. The van der Waals surface area contributed by atoms with E-state index in [-0.39, 0.29) is 24.8 Å². The molecule has 0 saturated carbocycles. The van der Waals surface area contributed by atoms with Crippen molar-refractivity contribution in [2.24, 2.45) is 5.92 Å². The van der Waals surface area contributed by atoms with E-state index in [0.29, 0.717) is 30.2 Å². The highest BCUT2D eigenvalue weighted by molar-refractivity contribution is 5.89. The van der Waals surface area contributed by atoms with Gasteiger partial charge in [0, 0.05) is 26.1 Å². The summed E-state index contributed by atoms with van der Waals surface area (Å²) >= 11 is 0. The molecule has 1 heterocycles. The highest BCUT2D eigenvalue weighted by Gasteiger charge is 2.34. The molecule has 2 amide bonds. The van der Waals surface area contributed by atoms with Crippen LogP contribution in [-0.4, -0.2) is 49.1 Å². The zero-order valence-corrected chi connectivity index (χ0v) is 16.6. The summed E-state index contributed by atoms with van der Waals surface area (Å²) in [5, 5.41) is 13.2. The minimum Gasteiger partial charge on any atom is -0.493 e. The van der Waals surface area contributed by atoms with Crippen molar-refractivity contribution in [2.75, 3.05) is 27.3 Å². The molecule has 0 radical (unpaired) electrons. The molecule has 1 saturated heterocycles. The Bertz CT molecular complexity index is 856. The largest absolute Gasteiger partial charge is 0.493 e. The maximum absolute atomic E-state index is 12.5. The number of hydrogen-bond donors (Lipinski definition) is 2. The molecule has 1 fully saturated rings. The van der Waals surface area contributed by atoms with Crippen LogP contribution >= 0.6 is 0 Å². The van der Waals surface area contributed by atoms with Gasteiger partial charge in [-0.2, -0.15) is 0 Å². The molecule has 2 atom stereocenters. The van der Waals surface area contributed by atoms with Crippen LogP contribution in [-0.2, 0) is 16.1 Å². The Morgan fingerprint density at radius 1 is 1.17 bits per heavy atom. The Morgan fingerprint density at radius 3 is 2.59 bits per heavy atom. The van der Waals surface area contributed by atoms with Crippen molar-refractivity contribution in [3.63, 3.8) is 0 Å². The van der Waals surface area contributed by atoms with E-state index in [1.807, 2.05) is 30.3 Å². The van der Waals surface area contributed by atoms with Crippen LogP contribution in [0.1, 0.15) is 23.7 Å². The smallest absolute Gasteiger partial charge is 0.225 e. The molecule has 1 aliphatic rings. The monoisotopic (exact) mass is 398 g/mol. The molecule has 3 rings (SSSR count). The van der Waals surface area contributed by atoms with Crippen LogP contribution < -0.4 is 14.8 Å². The summed E-state index contributed by atoms with van der Waals surface area (Å²) in [7, 11) is 3.06. The Labute approximate surface area is 170 Å². The summed E-state index contributed by atoms with van der Waals surface area (Å²) in [5.74, 6) is 0.399. The number of carbonyl (C=O) groups is 2. The topological polar surface area (TPSA) is 88.1 Å². The molecule has 2 aromatic rings. The van der Waals surface area contributed by atoms with Gasteiger partial charge in [-0.25, -0.2) is 0 Å². The number of likely N-dealkylation sites (tertiary alicyclic amines) is 1. The minimum atomic E-state index is -0.892. The van der Waals surface area contributed by atoms with E-state index in [1.54, 1.807) is 23.1 Å². The van der Waals surface area contributed by atoms with Crippen LogP contribution in [0.5, 0.6) is 11.5 Å². The van der Waals surface area contributed by atoms with Crippen molar-refractivity contribution in [3.05, 3.63) is 59.7 Å². The molecule has 1 aliphatic heterocycles. The molecule has 7 heteroatoms. The number of nitrogens with zero attached hydrogens (tertiary/aromatic N) is 1. The first-order valence-corrected chi connectivity index (χ1v) is 9.51. The second-order valence-corrected chi connectivity index (χ2v) is 7.04. The molecule has 2 unspecified atom stereocenters. The van der Waals surface area contributed by atoms with E-state index in [9.17, 15) is 14.7 Å². The first-order valence-electron chi connectivity index (χ1n) is 9.51. The van der Waals surface area contributed by atoms with Crippen LogP contribution in [0, 0.1) is 5.92 Å². The molecule has 154 valence electrons. The van der Waals surface area contributed by atoms with Gasteiger partial charge in [-0.1, -0.05) is 36.4 Å².